The largest absolute Gasteiger partial charge is 0.451 e. The minimum atomic E-state index is -0.0558. The molecular weight excluding hydrogens is 364 g/mol. The van der Waals surface area contributed by atoms with E-state index in [1.165, 1.54) is 5.56 Å². The standard InChI is InChI=1S/C24H26N2O3/c1-2-17-7-9-19(10-8-17)23(27)25-16-18-11-13-26(14-12-18)24(28)22-15-20-5-3-4-6-21(20)29-22/h3-10,15,18H,2,11-14,16H2,1H3,(H,25,27). The molecule has 1 fully saturated rings. The molecule has 0 spiro atoms. The molecule has 5 nitrogen and oxygen atoms in total. The van der Waals surface area contributed by atoms with E-state index in [-0.39, 0.29) is 11.8 Å². The van der Waals surface area contributed by atoms with Gasteiger partial charge in [0.25, 0.3) is 11.8 Å². The van der Waals surface area contributed by atoms with Gasteiger partial charge in [0.2, 0.25) is 0 Å². The molecule has 0 unspecified atom stereocenters. The van der Waals surface area contributed by atoms with Gasteiger partial charge in [-0.15, -0.1) is 0 Å². The molecule has 2 amide bonds. The number of piperidine rings is 1. The lowest BCUT2D eigenvalue weighted by Gasteiger charge is -2.31. The Labute approximate surface area is 170 Å². The summed E-state index contributed by atoms with van der Waals surface area (Å²) < 4.78 is 5.71. The van der Waals surface area contributed by atoms with Crippen molar-refractivity contribution in [2.75, 3.05) is 19.6 Å². The topological polar surface area (TPSA) is 62.6 Å². The lowest BCUT2D eigenvalue weighted by Crippen LogP contribution is -2.41. The van der Waals surface area contributed by atoms with Crippen molar-refractivity contribution in [1.82, 2.24) is 10.2 Å². The average molecular weight is 390 g/mol. The normalized spacial score (nSPS) is 14.9. The molecule has 0 atom stereocenters. The molecule has 1 N–H and O–H groups in total. The number of carbonyl (C=O) groups is 2. The fourth-order valence-corrected chi connectivity index (χ4v) is 3.81. The molecule has 0 aliphatic carbocycles. The molecule has 0 saturated carbocycles. The quantitative estimate of drug-likeness (QED) is 0.707. The summed E-state index contributed by atoms with van der Waals surface area (Å²) in [5.74, 6) is 0.690. The lowest BCUT2D eigenvalue weighted by molar-refractivity contribution is 0.0655. The Kier molecular flexibility index (Phi) is 5.65. The maximum absolute atomic E-state index is 12.7. The van der Waals surface area contributed by atoms with Gasteiger partial charge in [-0.2, -0.15) is 0 Å². The van der Waals surface area contributed by atoms with Crippen molar-refractivity contribution in [3.8, 4) is 0 Å². The Balaban J connectivity index is 1.27. The molecule has 1 aliphatic rings. The number of furan rings is 1. The van der Waals surface area contributed by atoms with Crippen molar-refractivity contribution >= 4 is 22.8 Å². The molecule has 1 aromatic heterocycles. The van der Waals surface area contributed by atoms with E-state index in [1.807, 2.05) is 59.5 Å². The van der Waals surface area contributed by atoms with Crippen LogP contribution >= 0.6 is 0 Å². The fraction of sp³-hybridized carbons (Fsp3) is 0.333. The van der Waals surface area contributed by atoms with Crippen LogP contribution in [0.1, 0.15) is 46.2 Å². The van der Waals surface area contributed by atoms with Crippen molar-refractivity contribution < 1.29 is 14.0 Å². The summed E-state index contributed by atoms with van der Waals surface area (Å²) in [5, 5.41) is 3.98. The van der Waals surface area contributed by atoms with Gasteiger partial charge in [-0.25, -0.2) is 0 Å². The SMILES string of the molecule is CCc1ccc(C(=O)NCC2CCN(C(=O)c3cc4ccccc4o3)CC2)cc1. The first-order chi connectivity index (χ1) is 14.1. The van der Waals surface area contributed by atoms with Crippen molar-refractivity contribution in [1.29, 1.82) is 0 Å². The number of nitrogens with zero attached hydrogens (tertiary/aromatic N) is 1. The monoisotopic (exact) mass is 390 g/mol. The minimum Gasteiger partial charge on any atom is -0.451 e. The van der Waals surface area contributed by atoms with Crippen LogP contribution in [0.3, 0.4) is 0 Å². The summed E-state index contributed by atoms with van der Waals surface area (Å²) in [6.45, 7) is 4.10. The molecule has 0 radical (unpaired) electrons. The zero-order chi connectivity index (χ0) is 20.2. The molecule has 2 aromatic carbocycles. The summed E-state index contributed by atoms with van der Waals surface area (Å²) >= 11 is 0. The number of hydrogen-bond donors (Lipinski definition) is 1. The van der Waals surface area contributed by atoms with E-state index < -0.39 is 0 Å². The summed E-state index contributed by atoms with van der Waals surface area (Å²) in [5.41, 5.74) is 2.66. The number of carbonyl (C=O) groups excluding carboxylic acids is 2. The van der Waals surface area contributed by atoms with E-state index in [4.69, 9.17) is 4.42 Å². The second-order valence-electron chi connectivity index (χ2n) is 7.64. The van der Waals surface area contributed by atoms with E-state index in [1.54, 1.807) is 0 Å². The molecular formula is C24H26N2O3. The second kappa shape index (κ2) is 8.52. The average Bonchev–Trinajstić information content (AvgIpc) is 3.22. The van der Waals surface area contributed by atoms with Gasteiger partial charge in [0, 0.05) is 30.6 Å². The number of amides is 2. The lowest BCUT2D eigenvalue weighted by atomic mass is 9.96. The number of hydrogen-bond acceptors (Lipinski definition) is 3. The number of nitrogens with one attached hydrogen (secondary N) is 1. The van der Waals surface area contributed by atoms with Gasteiger partial charge in [-0.1, -0.05) is 37.3 Å². The third-order valence-corrected chi connectivity index (χ3v) is 5.71. The van der Waals surface area contributed by atoms with Crippen LogP contribution in [0, 0.1) is 5.92 Å². The van der Waals surface area contributed by atoms with E-state index in [0.29, 0.717) is 36.9 Å². The first-order valence-electron chi connectivity index (χ1n) is 10.3. The van der Waals surface area contributed by atoms with Gasteiger partial charge in [0.15, 0.2) is 5.76 Å². The van der Waals surface area contributed by atoms with Gasteiger partial charge in [0.05, 0.1) is 0 Å². The fourth-order valence-electron chi connectivity index (χ4n) is 3.81. The minimum absolute atomic E-state index is 0.0339. The van der Waals surface area contributed by atoms with Crippen LogP contribution in [0.25, 0.3) is 11.0 Å². The number of para-hydroxylation sites is 1. The first kappa shape index (κ1) is 19.2. The zero-order valence-electron chi connectivity index (χ0n) is 16.7. The maximum atomic E-state index is 12.7. The summed E-state index contributed by atoms with van der Waals surface area (Å²) in [6.07, 6.45) is 2.72. The molecule has 1 saturated heterocycles. The van der Waals surface area contributed by atoms with Crippen LogP contribution in [0.4, 0.5) is 0 Å². The van der Waals surface area contributed by atoms with Gasteiger partial charge in [0.1, 0.15) is 5.58 Å². The Morgan fingerprint density at radius 1 is 1.07 bits per heavy atom. The Bertz CT molecular complexity index is 965. The smallest absolute Gasteiger partial charge is 0.289 e. The molecule has 0 bridgehead atoms. The number of benzene rings is 2. The molecule has 4 rings (SSSR count). The molecule has 1 aliphatic heterocycles. The van der Waals surface area contributed by atoms with Crippen LogP contribution in [0.2, 0.25) is 0 Å². The Morgan fingerprint density at radius 2 is 1.79 bits per heavy atom. The van der Waals surface area contributed by atoms with E-state index in [0.717, 1.165) is 30.2 Å². The van der Waals surface area contributed by atoms with Crippen molar-refractivity contribution in [3.63, 3.8) is 0 Å². The summed E-state index contributed by atoms with van der Waals surface area (Å²) in [7, 11) is 0. The van der Waals surface area contributed by atoms with Crippen LogP contribution in [0.5, 0.6) is 0 Å². The Hall–Kier alpha value is -3.08. The van der Waals surface area contributed by atoms with E-state index >= 15 is 0 Å². The van der Waals surface area contributed by atoms with Gasteiger partial charge < -0.3 is 14.6 Å². The highest BCUT2D eigenvalue weighted by molar-refractivity contribution is 5.96. The predicted octanol–water partition coefficient (Wildman–Crippen LogP) is 4.28. The molecule has 3 aromatic rings. The van der Waals surface area contributed by atoms with Crippen LogP contribution in [-0.4, -0.2) is 36.3 Å². The molecule has 29 heavy (non-hydrogen) atoms. The van der Waals surface area contributed by atoms with Gasteiger partial charge >= 0.3 is 0 Å². The van der Waals surface area contributed by atoms with Crippen LogP contribution < -0.4 is 5.32 Å². The highest BCUT2D eigenvalue weighted by Crippen LogP contribution is 2.23. The second-order valence-corrected chi connectivity index (χ2v) is 7.64. The molecule has 150 valence electrons. The summed E-state index contributed by atoms with van der Waals surface area (Å²) in [6, 6.07) is 17.2. The Morgan fingerprint density at radius 3 is 2.48 bits per heavy atom. The van der Waals surface area contributed by atoms with Crippen molar-refractivity contribution in [3.05, 3.63) is 71.5 Å². The van der Waals surface area contributed by atoms with Gasteiger partial charge in [-0.3, -0.25) is 9.59 Å². The van der Waals surface area contributed by atoms with Gasteiger partial charge in [-0.05, 0) is 55.0 Å². The van der Waals surface area contributed by atoms with E-state index in [2.05, 4.69) is 12.2 Å². The molecule has 5 heteroatoms. The highest BCUT2D eigenvalue weighted by Gasteiger charge is 2.26. The van der Waals surface area contributed by atoms with Crippen LogP contribution in [-0.2, 0) is 6.42 Å². The number of likely N-dealkylation sites (tertiary alicyclic amines) is 1. The highest BCUT2D eigenvalue weighted by atomic mass is 16.3. The zero-order valence-corrected chi connectivity index (χ0v) is 16.7. The maximum Gasteiger partial charge on any atom is 0.289 e. The first-order valence-corrected chi connectivity index (χ1v) is 10.3. The summed E-state index contributed by atoms with van der Waals surface area (Å²) in [4.78, 5) is 26.9. The number of rotatable bonds is 5. The molecule has 2 heterocycles. The third-order valence-electron chi connectivity index (χ3n) is 5.71. The number of aryl methyl sites for hydroxylation is 1. The van der Waals surface area contributed by atoms with Crippen molar-refractivity contribution in [2.24, 2.45) is 5.92 Å². The third kappa shape index (κ3) is 4.34. The van der Waals surface area contributed by atoms with Crippen LogP contribution in [0.15, 0.2) is 59.0 Å². The van der Waals surface area contributed by atoms with E-state index in [9.17, 15) is 9.59 Å². The predicted molar refractivity (Wildman–Crippen MR) is 113 cm³/mol. The van der Waals surface area contributed by atoms with Crippen molar-refractivity contribution in [2.45, 2.75) is 26.2 Å². The number of fused-ring (bicyclic) bond motifs is 1.